The summed E-state index contributed by atoms with van der Waals surface area (Å²) in [6.07, 6.45) is 4.37. The first-order valence-electron chi connectivity index (χ1n) is 9.16. The molecule has 1 saturated heterocycles. The van der Waals surface area contributed by atoms with Crippen molar-refractivity contribution in [2.75, 3.05) is 32.9 Å². The fourth-order valence-corrected chi connectivity index (χ4v) is 3.51. The predicted molar refractivity (Wildman–Crippen MR) is 112 cm³/mol. The lowest BCUT2D eigenvalue weighted by Crippen LogP contribution is -2.30. The van der Waals surface area contributed by atoms with Crippen molar-refractivity contribution >= 4 is 23.3 Å². The Kier molecular flexibility index (Phi) is 5.74. The maximum atomic E-state index is 6.26. The molecule has 1 atom stereocenters. The number of para-hydroxylation sites is 1. The molecule has 1 heterocycles. The van der Waals surface area contributed by atoms with Gasteiger partial charge in [0.05, 0.1) is 5.69 Å². The molecule has 2 aromatic carbocycles. The number of nitrogens with one attached hydrogen (secondary N) is 1. The van der Waals surface area contributed by atoms with Gasteiger partial charge in [-0.3, -0.25) is 4.99 Å². The molecule has 1 unspecified atom stereocenters. The van der Waals surface area contributed by atoms with E-state index in [0.29, 0.717) is 11.6 Å². The summed E-state index contributed by atoms with van der Waals surface area (Å²) in [6, 6.07) is 14.5. The third-order valence-electron chi connectivity index (χ3n) is 5.11. The van der Waals surface area contributed by atoms with Crippen LogP contribution in [0.25, 0.3) is 5.70 Å². The first-order chi connectivity index (χ1) is 12.6. The quantitative estimate of drug-likeness (QED) is 0.634. The second-order valence-corrected chi connectivity index (χ2v) is 6.99. The number of hydrogen-bond acceptors (Lipinski definition) is 4. The van der Waals surface area contributed by atoms with E-state index in [1.54, 1.807) is 0 Å². The Morgan fingerprint density at radius 3 is 2.73 bits per heavy atom. The molecule has 136 valence electrons. The Labute approximate surface area is 156 Å². The molecular formula is C22H28N4. The smallest absolute Gasteiger partial charge is 0.0630 e. The van der Waals surface area contributed by atoms with Crippen molar-refractivity contribution in [1.82, 2.24) is 10.2 Å². The maximum absolute atomic E-state index is 6.26. The normalized spacial score (nSPS) is 18.2. The average Bonchev–Trinajstić information content (AvgIpc) is 2.67. The molecule has 0 spiro atoms. The van der Waals surface area contributed by atoms with E-state index in [2.05, 4.69) is 53.1 Å². The second-order valence-electron chi connectivity index (χ2n) is 6.99. The van der Waals surface area contributed by atoms with Gasteiger partial charge in [0.2, 0.25) is 0 Å². The van der Waals surface area contributed by atoms with Crippen molar-refractivity contribution in [1.29, 1.82) is 0 Å². The third-order valence-corrected chi connectivity index (χ3v) is 5.11. The van der Waals surface area contributed by atoms with E-state index in [0.717, 1.165) is 29.1 Å². The van der Waals surface area contributed by atoms with Crippen LogP contribution in [0.5, 0.6) is 0 Å². The van der Waals surface area contributed by atoms with Gasteiger partial charge < -0.3 is 16.0 Å². The number of hydrogen-bond donors (Lipinski definition) is 2. The minimum atomic E-state index is 0.631. The summed E-state index contributed by atoms with van der Waals surface area (Å²) in [5.74, 6) is 0.631. The van der Waals surface area contributed by atoms with Crippen LogP contribution in [0.3, 0.4) is 0 Å². The Balaban J connectivity index is 1.74. The van der Waals surface area contributed by atoms with Gasteiger partial charge in [0.25, 0.3) is 0 Å². The molecule has 4 heteroatoms. The third kappa shape index (κ3) is 4.14. The van der Waals surface area contributed by atoms with Crippen molar-refractivity contribution in [3.05, 3.63) is 65.7 Å². The van der Waals surface area contributed by atoms with E-state index in [1.807, 2.05) is 31.5 Å². The van der Waals surface area contributed by atoms with Crippen LogP contribution < -0.4 is 11.1 Å². The standard InChI is InChI=1S/C22H28N4/c1-16(24-2)21-8-4-6-18(22(21)23)14-25-20-11-9-17(10-12-20)19-7-5-13-26(3)15-19/h4,6,8-12,14,19,24H,1,5,7,13,15,23H2,2-3H3/b25-14+. The minimum absolute atomic E-state index is 0.631. The summed E-state index contributed by atoms with van der Waals surface area (Å²) < 4.78 is 0. The monoisotopic (exact) mass is 348 g/mol. The predicted octanol–water partition coefficient (Wildman–Crippen LogP) is 4.02. The average molecular weight is 348 g/mol. The van der Waals surface area contributed by atoms with Crippen LogP contribution in [0.4, 0.5) is 11.4 Å². The van der Waals surface area contributed by atoms with Crippen LogP contribution in [-0.2, 0) is 0 Å². The Morgan fingerprint density at radius 2 is 2.04 bits per heavy atom. The molecule has 3 N–H and O–H groups in total. The highest BCUT2D eigenvalue weighted by molar-refractivity contribution is 5.92. The van der Waals surface area contributed by atoms with Gasteiger partial charge in [-0.15, -0.1) is 0 Å². The summed E-state index contributed by atoms with van der Waals surface area (Å²) in [4.78, 5) is 7.01. The van der Waals surface area contributed by atoms with E-state index >= 15 is 0 Å². The molecule has 0 aliphatic carbocycles. The van der Waals surface area contributed by atoms with Crippen molar-refractivity contribution < 1.29 is 0 Å². The zero-order valence-corrected chi connectivity index (χ0v) is 15.7. The van der Waals surface area contributed by atoms with Crippen molar-refractivity contribution in [3.63, 3.8) is 0 Å². The molecule has 0 aromatic heterocycles. The van der Waals surface area contributed by atoms with Gasteiger partial charge in [-0.1, -0.05) is 36.9 Å². The number of anilines is 1. The number of nitrogen functional groups attached to an aromatic ring is 1. The van der Waals surface area contributed by atoms with Gasteiger partial charge in [0.15, 0.2) is 0 Å². The van der Waals surface area contributed by atoms with Gasteiger partial charge in [0, 0.05) is 42.3 Å². The van der Waals surface area contributed by atoms with E-state index in [9.17, 15) is 0 Å². The zero-order valence-electron chi connectivity index (χ0n) is 15.7. The number of nitrogens with zero attached hydrogens (tertiary/aromatic N) is 2. The Morgan fingerprint density at radius 1 is 1.27 bits per heavy atom. The molecule has 1 fully saturated rings. The molecule has 4 nitrogen and oxygen atoms in total. The lowest BCUT2D eigenvalue weighted by molar-refractivity contribution is 0.251. The van der Waals surface area contributed by atoms with Gasteiger partial charge in [-0.25, -0.2) is 0 Å². The van der Waals surface area contributed by atoms with E-state index in [4.69, 9.17) is 5.73 Å². The van der Waals surface area contributed by atoms with Gasteiger partial charge >= 0.3 is 0 Å². The molecule has 0 amide bonds. The fraction of sp³-hybridized carbons (Fsp3) is 0.318. The van der Waals surface area contributed by atoms with Crippen LogP contribution in [0.15, 0.2) is 54.0 Å². The number of aliphatic imine (C=N–C) groups is 1. The minimum Gasteiger partial charge on any atom is -0.398 e. The lowest BCUT2D eigenvalue weighted by Gasteiger charge is -2.29. The summed E-state index contributed by atoms with van der Waals surface area (Å²) in [7, 11) is 4.04. The van der Waals surface area contributed by atoms with Crippen molar-refractivity contribution in [2.45, 2.75) is 18.8 Å². The first kappa shape index (κ1) is 18.2. The number of likely N-dealkylation sites (tertiary alicyclic amines) is 1. The Bertz CT molecular complexity index is 792. The van der Waals surface area contributed by atoms with Crippen LogP contribution >= 0.6 is 0 Å². The number of rotatable bonds is 5. The number of likely N-dealkylation sites (N-methyl/N-ethyl adjacent to an activating group) is 1. The topological polar surface area (TPSA) is 53.7 Å². The zero-order chi connectivity index (χ0) is 18.5. The highest BCUT2D eigenvalue weighted by Gasteiger charge is 2.18. The molecule has 0 bridgehead atoms. The highest BCUT2D eigenvalue weighted by atomic mass is 15.1. The maximum Gasteiger partial charge on any atom is 0.0630 e. The SMILES string of the molecule is C=C(NC)c1cccc(/C=N/c2ccc(C3CCCN(C)C3)cc2)c1N. The van der Waals surface area contributed by atoms with Crippen LogP contribution in [0.1, 0.15) is 35.4 Å². The first-order valence-corrected chi connectivity index (χ1v) is 9.16. The summed E-state index contributed by atoms with van der Waals surface area (Å²) in [5, 5.41) is 3.04. The summed E-state index contributed by atoms with van der Waals surface area (Å²) in [5.41, 5.74) is 11.9. The molecule has 1 aliphatic heterocycles. The molecule has 0 saturated carbocycles. The lowest BCUT2D eigenvalue weighted by atomic mass is 9.91. The number of piperidine rings is 1. The van der Waals surface area contributed by atoms with Crippen LogP contribution in [-0.4, -0.2) is 38.3 Å². The van der Waals surface area contributed by atoms with Crippen LogP contribution in [0.2, 0.25) is 0 Å². The second kappa shape index (κ2) is 8.19. The summed E-state index contributed by atoms with van der Waals surface area (Å²) >= 11 is 0. The molecular weight excluding hydrogens is 320 g/mol. The number of nitrogens with two attached hydrogens (primary N) is 1. The number of benzene rings is 2. The fourth-order valence-electron chi connectivity index (χ4n) is 3.51. The van der Waals surface area contributed by atoms with Gasteiger partial charge in [-0.05, 0) is 50.0 Å². The van der Waals surface area contributed by atoms with E-state index < -0.39 is 0 Å². The Hall–Kier alpha value is -2.59. The molecule has 0 radical (unpaired) electrons. The summed E-state index contributed by atoms with van der Waals surface area (Å²) in [6.45, 7) is 6.33. The molecule has 2 aromatic rings. The molecule has 1 aliphatic rings. The highest BCUT2D eigenvalue weighted by Crippen LogP contribution is 2.28. The van der Waals surface area contributed by atoms with Crippen LogP contribution in [0, 0.1) is 0 Å². The van der Waals surface area contributed by atoms with Crippen molar-refractivity contribution in [2.24, 2.45) is 4.99 Å². The van der Waals surface area contributed by atoms with Gasteiger partial charge in [-0.2, -0.15) is 0 Å². The van der Waals surface area contributed by atoms with Gasteiger partial charge in [0.1, 0.15) is 0 Å². The van der Waals surface area contributed by atoms with E-state index in [1.165, 1.54) is 24.9 Å². The van der Waals surface area contributed by atoms with Crippen molar-refractivity contribution in [3.8, 4) is 0 Å². The molecule has 26 heavy (non-hydrogen) atoms. The largest absolute Gasteiger partial charge is 0.398 e. The molecule has 3 rings (SSSR count). The van der Waals surface area contributed by atoms with E-state index in [-0.39, 0.29) is 0 Å².